The van der Waals surface area contributed by atoms with E-state index in [1.165, 1.54) is 16.7 Å². The summed E-state index contributed by atoms with van der Waals surface area (Å²) in [5.41, 5.74) is 9.80. The molecule has 2 aromatic rings. The van der Waals surface area contributed by atoms with Crippen LogP contribution in [0.3, 0.4) is 0 Å². The van der Waals surface area contributed by atoms with Gasteiger partial charge in [-0.3, -0.25) is 4.99 Å². The number of nitrogens with two attached hydrogens (primary N) is 1. The highest BCUT2D eigenvalue weighted by molar-refractivity contribution is 5.78. The van der Waals surface area contributed by atoms with Crippen LogP contribution in [0.1, 0.15) is 5.56 Å². The highest BCUT2D eigenvalue weighted by Gasteiger charge is 2.11. The molecule has 3 rings (SSSR count). The molecule has 4 heteroatoms. The Bertz CT molecular complexity index is 631. The third-order valence-corrected chi connectivity index (χ3v) is 4.07. The van der Waals surface area contributed by atoms with Crippen molar-refractivity contribution in [3.63, 3.8) is 0 Å². The summed E-state index contributed by atoms with van der Waals surface area (Å²) in [5, 5.41) is 0. The van der Waals surface area contributed by atoms with Gasteiger partial charge in [-0.25, -0.2) is 0 Å². The lowest BCUT2D eigenvalue weighted by Gasteiger charge is -2.27. The van der Waals surface area contributed by atoms with Crippen LogP contribution < -0.4 is 5.73 Å². The molecular weight excluding hydrogens is 286 g/mol. The highest BCUT2D eigenvalue weighted by atomic mass is 16.5. The first kappa shape index (κ1) is 15.6. The molecular formula is C19H23N3O. The SMILES string of the molecule is NC(=NCCc1ccc(-c2ccccc2)cc1)N1CCOCC1. The monoisotopic (exact) mass is 309 g/mol. The number of morpholine rings is 1. The van der Waals surface area contributed by atoms with Gasteiger partial charge < -0.3 is 15.4 Å². The molecule has 0 bridgehead atoms. The topological polar surface area (TPSA) is 50.8 Å². The largest absolute Gasteiger partial charge is 0.378 e. The van der Waals surface area contributed by atoms with Crippen LogP contribution in [0, 0.1) is 0 Å². The van der Waals surface area contributed by atoms with E-state index in [9.17, 15) is 0 Å². The summed E-state index contributed by atoms with van der Waals surface area (Å²) in [7, 11) is 0. The molecule has 0 amide bonds. The second-order valence-electron chi connectivity index (χ2n) is 5.65. The lowest BCUT2D eigenvalue weighted by Crippen LogP contribution is -2.44. The molecule has 0 aliphatic carbocycles. The average molecular weight is 309 g/mol. The van der Waals surface area contributed by atoms with E-state index in [1.807, 2.05) is 6.07 Å². The summed E-state index contributed by atoms with van der Waals surface area (Å²) in [6.45, 7) is 3.85. The number of guanidine groups is 1. The van der Waals surface area contributed by atoms with Crippen LogP contribution in [-0.2, 0) is 11.2 Å². The molecule has 23 heavy (non-hydrogen) atoms. The molecule has 0 saturated carbocycles. The Balaban J connectivity index is 1.54. The fourth-order valence-electron chi connectivity index (χ4n) is 2.69. The van der Waals surface area contributed by atoms with Crippen LogP contribution in [0.2, 0.25) is 0 Å². The van der Waals surface area contributed by atoms with E-state index < -0.39 is 0 Å². The highest BCUT2D eigenvalue weighted by Crippen LogP contribution is 2.19. The fourth-order valence-corrected chi connectivity index (χ4v) is 2.69. The predicted octanol–water partition coefficient (Wildman–Crippen LogP) is 2.54. The zero-order valence-electron chi connectivity index (χ0n) is 13.3. The summed E-state index contributed by atoms with van der Waals surface area (Å²) in [5.74, 6) is 0.634. The van der Waals surface area contributed by atoms with E-state index >= 15 is 0 Å². The normalized spacial score (nSPS) is 15.7. The quantitative estimate of drug-likeness (QED) is 0.697. The third-order valence-electron chi connectivity index (χ3n) is 4.07. The molecule has 0 atom stereocenters. The van der Waals surface area contributed by atoms with Crippen molar-refractivity contribution in [2.45, 2.75) is 6.42 Å². The van der Waals surface area contributed by atoms with E-state index in [0.717, 1.165) is 32.7 Å². The third kappa shape index (κ3) is 4.33. The Morgan fingerprint density at radius 3 is 2.30 bits per heavy atom. The van der Waals surface area contributed by atoms with Gasteiger partial charge in [-0.1, -0.05) is 54.6 Å². The molecule has 0 spiro atoms. The van der Waals surface area contributed by atoms with Crippen molar-refractivity contribution in [2.24, 2.45) is 10.7 Å². The van der Waals surface area contributed by atoms with Gasteiger partial charge in [0.15, 0.2) is 5.96 Å². The smallest absolute Gasteiger partial charge is 0.191 e. The van der Waals surface area contributed by atoms with Crippen LogP contribution in [0.4, 0.5) is 0 Å². The molecule has 1 saturated heterocycles. The van der Waals surface area contributed by atoms with Gasteiger partial charge in [-0.15, -0.1) is 0 Å². The van der Waals surface area contributed by atoms with Gasteiger partial charge in [0.25, 0.3) is 0 Å². The van der Waals surface area contributed by atoms with Gasteiger partial charge in [-0.05, 0) is 23.1 Å². The van der Waals surface area contributed by atoms with Crippen molar-refractivity contribution in [3.05, 3.63) is 60.2 Å². The van der Waals surface area contributed by atoms with Crippen molar-refractivity contribution in [1.82, 2.24) is 4.90 Å². The molecule has 120 valence electrons. The lowest BCUT2D eigenvalue weighted by atomic mass is 10.0. The van der Waals surface area contributed by atoms with Gasteiger partial charge in [-0.2, -0.15) is 0 Å². The molecule has 2 N–H and O–H groups in total. The summed E-state index contributed by atoms with van der Waals surface area (Å²) in [6, 6.07) is 19.1. The van der Waals surface area contributed by atoms with Gasteiger partial charge in [0.1, 0.15) is 0 Å². The van der Waals surface area contributed by atoms with Crippen molar-refractivity contribution in [2.75, 3.05) is 32.8 Å². The van der Waals surface area contributed by atoms with Gasteiger partial charge in [0, 0.05) is 19.6 Å². The number of hydrogen-bond acceptors (Lipinski definition) is 2. The van der Waals surface area contributed by atoms with Crippen LogP contribution in [0.5, 0.6) is 0 Å². The Morgan fingerprint density at radius 1 is 0.957 bits per heavy atom. The summed E-state index contributed by atoms with van der Waals surface area (Å²) < 4.78 is 5.32. The van der Waals surface area contributed by atoms with Crippen molar-refractivity contribution < 1.29 is 4.74 Å². The molecule has 1 aliphatic rings. The van der Waals surface area contributed by atoms with Gasteiger partial charge >= 0.3 is 0 Å². The lowest BCUT2D eigenvalue weighted by molar-refractivity contribution is 0.0674. The first-order chi connectivity index (χ1) is 11.3. The van der Waals surface area contributed by atoms with E-state index in [0.29, 0.717) is 12.5 Å². The summed E-state index contributed by atoms with van der Waals surface area (Å²) >= 11 is 0. The Labute approximate surface area is 137 Å². The maximum Gasteiger partial charge on any atom is 0.191 e. The second-order valence-corrected chi connectivity index (χ2v) is 5.65. The zero-order valence-corrected chi connectivity index (χ0v) is 13.3. The Hall–Kier alpha value is -2.33. The Morgan fingerprint density at radius 2 is 1.61 bits per heavy atom. The molecule has 1 aliphatic heterocycles. The second kappa shape index (κ2) is 7.79. The van der Waals surface area contributed by atoms with E-state index in [4.69, 9.17) is 10.5 Å². The fraction of sp³-hybridized carbons (Fsp3) is 0.316. The predicted molar refractivity (Wildman–Crippen MR) is 94.5 cm³/mol. The number of ether oxygens (including phenoxy) is 1. The van der Waals surface area contributed by atoms with E-state index in [1.54, 1.807) is 0 Å². The first-order valence-electron chi connectivity index (χ1n) is 8.10. The number of aliphatic imine (C=N–C) groups is 1. The van der Waals surface area contributed by atoms with Crippen molar-refractivity contribution in [3.8, 4) is 11.1 Å². The van der Waals surface area contributed by atoms with E-state index in [2.05, 4.69) is 58.4 Å². The van der Waals surface area contributed by atoms with Gasteiger partial charge in [0.2, 0.25) is 0 Å². The van der Waals surface area contributed by atoms with Crippen LogP contribution in [0.25, 0.3) is 11.1 Å². The molecule has 0 aromatic heterocycles. The molecule has 0 radical (unpaired) electrons. The molecule has 4 nitrogen and oxygen atoms in total. The molecule has 1 heterocycles. The maximum absolute atomic E-state index is 6.03. The van der Waals surface area contributed by atoms with Crippen molar-refractivity contribution in [1.29, 1.82) is 0 Å². The summed E-state index contributed by atoms with van der Waals surface area (Å²) in [6.07, 6.45) is 0.903. The van der Waals surface area contributed by atoms with Crippen LogP contribution in [0.15, 0.2) is 59.6 Å². The molecule has 2 aromatic carbocycles. The molecule has 1 fully saturated rings. The van der Waals surface area contributed by atoms with Gasteiger partial charge in [0.05, 0.1) is 13.2 Å². The number of rotatable bonds is 4. The minimum atomic E-state index is 0.634. The minimum absolute atomic E-state index is 0.634. The van der Waals surface area contributed by atoms with Crippen molar-refractivity contribution >= 4 is 5.96 Å². The number of benzene rings is 2. The first-order valence-corrected chi connectivity index (χ1v) is 8.10. The summed E-state index contributed by atoms with van der Waals surface area (Å²) in [4.78, 5) is 6.57. The Kier molecular flexibility index (Phi) is 5.27. The molecule has 0 unspecified atom stereocenters. The van der Waals surface area contributed by atoms with Crippen LogP contribution >= 0.6 is 0 Å². The maximum atomic E-state index is 6.03. The zero-order chi connectivity index (χ0) is 15.9. The number of hydrogen-bond donors (Lipinski definition) is 1. The number of nitrogens with zero attached hydrogens (tertiary/aromatic N) is 2. The average Bonchev–Trinajstić information content (AvgIpc) is 2.64. The van der Waals surface area contributed by atoms with E-state index in [-0.39, 0.29) is 0 Å². The standard InChI is InChI=1S/C19H23N3O/c20-19(22-12-14-23-15-13-22)21-11-10-16-6-8-18(9-7-16)17-4-2-1-3-5-17/h1-9H,10-15H2,(H2,20,21). The van der Waals surface area contributed by atoms with Crippen LogP contribution in [-0.4, -0.2) is 43.7 Å². The minimum Gasteiger partial charge on any atom is -0.378 e.